The third-order valence-corrected chi connectivity index (χ3v) is 3.05. The monoisotopic (exact) mass is 251 g/mol. The zero-order chi connectivity index (χ0) is 13.1. The van der Waals surface area contributed by atoms with Crippen molar-refractivity contribution in [1.82, 2.24) is 4.90 Å². The van der Waals surface area contributed by atoms with Gasteiger partial charge in [-0.05, 0) is 18.6 Å². The van der Waals surface area contributed by atoms with Gasteiger partial charge in [-0.15, -0.1) is 0 Å². The molecule has 1 amide bonds. The van der Waals surface area contributed by atoms with Gasteiger partial charge in [-0.3, -0.25) is 4.79 Å². The largest absolute Gasteiger partial charge is 0.493 e. The minimum Gasteiger partial charge on any atom is -0.493 e. The number of hydrogen-bond acceptors (Lipinski definition) is 4. The molecule has 0 bridgehead atoms. The van der Waals surface area contributed by atoms with E-state index in [2.05, 4.69) is 0 Å². The summed E-state index contributed by atoms with van der Waals surface area (Å²) < 4.78 is 15.7. The second kappa shape index (κ2) is 5.16. The number of hydrogen-bond donors (Lipinski definition) is 0. The molecular formula is C13H17NO4. The van der Waals surface area contributed by atoms with E-state index in [9.17, 15) is 4.79 Å². The Morgan fingerprint density at radius 2 is 1.61 bits per heavy atom. The topological polar surface area (TPSA) is 48.0 Å². The average Bonchev–Trinajstić information content (AvgIpc) is 2.34. The molecule has 0 aromatic heterocycles. The zero-order valence-electron chi connectivity index (χ0n) is 10.9. The molecule has 5 heteroatoms. The van der Waals surface area contributed by atoms with E-state index in [1.807, 2.05) is 0 Å². The number of likely N-dealkylation sites (tertiary alicyclic amines) is 1. The van der Waals surface area contributed by atoms with E-state index < -0.39 is 0 Å². The van der Waals surface area contributed by atoms with Crippen molar-refractivity contribution >= 4 is 5.91 Å². The Kier molecular flexibility index (Phi) is 3.60. The van der Waals surface area contributed by atoms with E-state index in [-0.39, 0.29) is 5.91 Å². The molecule has 0 saturated carbocycles. The highest BCUT2D eigenvalue weighted by Gasteiger charge is 2.24. The van der Waals surface area contributed by atoms with Crippen molar-refractivity contribution in [3.05, 3.63) is 17.7 Å². The van der Waals surface area contributed by atoms with Crippen LogP contribution in [0.2, 0.25) is 0 Å². The molecule has 1 saturated heterocycles. The van der Waals surface area contributed by atoms with Crippen LogP contribution < -0.4 is 14.2 Å². The number of rotatable bonds is 4. The van der Waals surface area contributed by atoms with Crippen LogP contribution in [0.3, 0.4) is 0 Å². The summed E-state index contributed by atoms with van der Waals surface area (Å²) in [7, 11) is 4.61. The molecule has 0 radical (unpaired) electrons. The minimum atomic E-state index is 0.000466. The van der Waals surface area contributed by atoms with E-state index in [1.165, 1.54) is 21.3 Å². The number of ether oxygens (including phenoxy) is 3. The fourth-order valence-corrected chi connectivity index (χ4v) is 1.91. The molecule has 1 aromatic rings. The molecule has 0 spiro atoms. The molecule has 1 aliphatic rings. The Morgan fingerprint density at radius 1 is 1.06 bits per heavy atom. The number of methoxy groups -OCH3 is 3. The highest BCUT2D eigenvalue weighted by Crippen LogP contribution is 2.38. The third-order valence-electron chi connectivity index (χ3n) is 3.05. The van der Waals surface area contributed by atoms with Crippen LogP contribution in [0.4, 0.5) is 0 Å². The van der Waals surface area contributed by atoms with Gasteiger partial charge in [0.25, 0.3) is 5.91 Å². The summed E-state index contributed by atoms with van der Waals surface area (Å²) in [6.07, 6.45) is 1.07. The molecule has 0 atom stereocenters. The molecule has 1 heterocycles. The standard InChI is InChI=1S/C13H17NO4/c1-16-10-7-9(13(15)14-5-4-6-14)8-11(17-2)12(10)18-3/h7-8H,4-6H2,1-3H3. The molecule has 5 nitrogen and oxygen atoms in total. The SMILES string of the molecule is COc1cc(C(=O)N2CCC2)cc(OC)c1OC. The lowest BCUT2D eigenvalue weighted by molar-refractivity contribution is 0.0651. The summed E-state index contributed by atoms with van der Waals surface area (Å²) in [6.45, 7) is 1.63. The van der Waals surface area contributed by atoms with Crippen LogP contribution in [0.1, 0.15) is 16.8 Å². The Balaban J connectivity index is 2.39. The van der Waals surface area contributed by atoms with Gasteiger partial charge in [0.1, 0.15) is 0 Å². The first-order valence-electron chi connectivity index (χ1n) is 5.80. The first-order chi connectivity index (χ1) is 8.71. The summed E-state index contributed by atoms with van der Waals surface area (Å²) in [5.41, 5.74) is 0.559. The average molecular weight is 251 g/mol. The van der Waals surface area contributed by atoms with Crippen molar-refractivity contribution in [3.63, 3.8) is 0 Å². The normalized spacial score (nSPS) is 13.8. The Bertz CT molecular complexity index is 429. The quantitative estimate of drug-likeness (QED) is 0.814. The molecular weight excluding hydrogens is 234 g/mol. The lowest BCUT2D eigenvalue weighted by Crippen LogP contribution is -2.42. The fourth-order valence-electron chi connectivity index (χ4n) is 1.91. The summed E-state index contributed by atoms with van der Waals surface area (Å²) in [4.78, 5) is 13.9. The number of nitrogens with zero attached hydrogens (tertiary/aromatic N) is 1. The van der Waals surface area contributed by atoms with E-state index in [0.29, 0.717) is 22.8 Å². The van der Waals surface area contributed by atoms with Crippen molar-refractivity contribution < 1.29 is 19.0 Å². The molecule has 0 aliphatic carbocycles. The van der Waals surface area contributed by atoms with Crippen molar-refractivity contribution in [1.29, 1.82) is 0 Å². The molecule has 1 aliphatic heterocycles. The summed E-state index contributed by atoms with van der Waals surface area (Å²) in [6, 6.07) is 3.37. The first-order valence-corrected chi connectivity index (χ1v) is 5.80. The van der Waals surface area contributed by atoms with Gasteiger partial charge in [-0.25, -0.2) is 0 Å². The van der Waals surface area contributed by atoms with Gasteiger partial charge in [-0.1, -0.05) is 0 Å². The maximum absolute atomic E-state index is 12.1. The second-order valence-electron chi connectivity index (χ2n) is 4.06. The van der Waals surface area contributed by atoms with Crippen molar-refractivity contribution in [2.75, 3.05) is 34.4 Å². The maximum Gasteiger partial charge on any atom is 0.254 e. The first kappa shape index (κ1) is 12.5. The van der Waals surface area contributed by atoms with E-state index in [1.54, 1.807) is 17.0 Å². The fraction of sp³-hybridized carbons (Fsp3) is 0.462. The zero-order valence-corrected chi connectivity index (χ0v) is 10.9. The van der Waals surface area contributed by atoms with Crippen LogP contribution in [-0.2, 0) is 0 Å². The van der Waals surface area contributed by atoms with Crippen molar-refractivity contribution in [2.45, 2.75) is 6.42 Å². The lowest BCUT2D eigenvalue weighted by Gasteiger charge is -2.31. The summed E-state index contributed by atoms with van der Waals surface area (Å²) in [5, 5.41) is 0. The number of carbonyl (C=O) groups is 1. The van der Waals surface area contributed by atoms with E-state index in [0.717, 1.165) is 19.5 Å². The molecule has 0 N–H and O–H groups in total. The van der Waals surface area contributed by atoms with Crippen LogP contribution in [-0.4, -0.2) is 45.2 Å². The van der Waals surface area contributed by atoms with Gasteiger partial charge in [0, 0.05) is 18.7 Å². The van der Waals surface area contributed by atoms with E-state index in [4.69, 9.17) is 14.2 Å². The predicted octanol–water partition coefficient (Wildman–Crippen LogP) is 1.56. The number of carbonyl (C=O) groups excluding carboxylic acids is 1. The van der Waals surface area contributed by atoms with Crippen molar-refractivity contribution in [2.24, 2.45) is 0 Å². The molecule has 1 fully saturated rings. The number of benzene rings is 1. The van der Waals surface area contributed by atoms with Crippen LogP contribution in [0, 0.1) is 0 Å². The van der Waals surface area contributed by atoms with Gasteiger partial charge < -0.3 is 19.1 Å². The summed E-state index contributed by atoms with van der Waals surface area (Å²) >= 11 is 0. The maximum atomic E-state index is 12.1. The van der Waals surface area contributed by atoms with E-state index >= 15 is 0 Å². The van der Waals surface area contributed by atoms with Gasteiger partial charge in [0.05, 0.1) is 21.3 Å². The molecule has 0 unspecified atom stereocenters. The Labute approximate surface area is 106 Å². The Hall–Kier alpha value is -1.91. The van der Waals surface area contributed by atoms with Gasteiger partial charge in [0.15, 0.2) is 11.5 Å². The van der Waals surface area contributed by atoms with Crippen LogP contribution >= 0.6 is 0 Å². The van der Waals surface area contributed by atoms with Crippen molar-refractivity contribution in [3.8, 4) is 17.2 Å². The summed E-state index contributed by atoms with van der Waals surface area (Å²) in [5.74, 6) is 1.50. The van der Waals surface area contributed by atoms with Gasteiger partial charge in [-0.2, -0.15) is 0 Å². The van der Waals surface area contributed by atoms with Crippen LogP contribution in [0.25, 0.3) is 0 Å². The molecule has 2 rings (SSSR count). The highest BCUT2D eigenvalue weighted by atomic mass is 16.5. The second-order valence-corrected chi connectivity index (χ2v) is 4.06. The van der Waals surface area contributed by atoms with Gasteiger partial charge in [0.2, 0.25) is 5.75 Å². The lowest BCUT2D eigenvalue weighted by atomic mass is 10.1. The minimum absolute atomic E-state index is 0.000466. The predicted molar refractivity (Wildman–Crippen MR) is 66.6 cm³/mol. The smallest absolute Gasteiger partial charge is 0.254 e. The number of amides is 1. The van der Waals surface area contributed by atoms with Crippen LogP contribution in [0.15, 0.2) is 12.1 Å². The molecule has 98 valence electrons. The molecule has 18 heavy (non-hydrogen) atoms. The third kappa shape index (κ3) is 2.08. The van der Waals surface area contributed by atoms with Crippen LogP contribution in [0.5, 0.6) is 17.2 Å². The van der Waals surface area contributed by atoms with Gasteiger partial charge >= 0.3 is 0 Å². The Morgan fingerprint density at radius 3 is 1.94 bits per heavy atom. The highest BCUT2D eigenvalue weighted by molar-refractivity contribution is 5.96. The molecule has 1 aromatic carbocycles.